The Hall–Kier alpha value is -3.68. The Bertz CT molecular complexity index is 1760. The summed E-state index contributed by atoms with van der Waals surface area (Å²) in [6.45, 7) is 3.88. The summed E-state index contributed by atoms with van der Waals surface area (Å²) in [6.07, 6.45) is 6.72. The van der Waals surface area contributed by atoms with Gasteiger partial charge in [-0.05, 0) is 70.8 Å². The first-order valence-corrected chi connectivity index (χ1v) is 16.0. The summed E-state index contributed by atoms with van der Waals surface area (Å²) in [7, 11) is -2.00. The molecule has 0 radical (unpaired) electrons. The average molecular weight is 629 g/mol. The second kappa shape index (κ2) is 12.9. The van der Waals surface area contributed by atoms with Gasteiger partial charge in [-0.3, -0.25) is 14.1 Å². The van der Waals surface area contributed by atoms with Crippen molar-refractivity contribution in [2.24, 2.45) is 0 Å². The Morgan fingerprint density at radius 1 is 1.07 bits per heavy atom. The van der Waals surface area contributed by atoms with Gasteiger partial charge in [-0.1, -0.05) is 23.7 Å². The first-order valence-electron chi connectivity index (χ1n) is 14.1. The van der Waals surface area contributed by atoms with Crippen molar-refractivity contribution in [3.05, 3.63) is 64.2 Å². The molecule has 11 nitrogen and oxygen atoms in total. The van der Waals surface area contributed by atoms with E-state index in [0.29, 0.717) is 35.3 Å². The molecule has 1 aliphatic rings. The zero-order valence-electron chi connectivity index (χ0n) is 24.2. The van der Waals surface area contributed by atoms with Crippen molar-refractivity contribution in [3.8, 4) is 11.3 Å². The van der Waals surface area contributed by atoms with E-state index in [1.54, 1.807) is 29.0 Å². The Morgan fingerprint density at radius 2 is 1.81 bits per heavy atom. The van der Waals surface area contributed by atoms with Gasteiger partial charge in [0.25, 0.3) is 15.6 Å². The molecule has 3 aromatic heterocycles. The van der Waals surface area contributed by atoms with Crippen molar-refractivity contribution in [1.82, 2.24) is 29.4 Å². The van der Waals surface area contributed by atoms with Crippen molar-refractivity contribution in [3.63, 3.8) is 0 Å². The molecule has 1 aliphatic carbocycles. The fraction of sp³-hybridized carbons (Fsp3) is 0.414. The molecule has 1 saturated carbocycles. The highest BCUT2D eigenvalue weighted by molar-refractivity contribution is 7.92. The van der Waals surface area contributed by atoms with Crippen LogP contribution in [0.2, 0.25) is 5.02 Å². The van der Waals surface area contributed by atoms with Gasteiger partial charge in [0.1, 0.15) is 28.6 Å². The Morgan fingerprint density at radius 3 is 2.47 bits per heavy atom. The molecule has 0 bridgehead atoms. The van der Waals surface area contributed by atoms with Crippen LogP contribution in [0.5, 0.6) is 0 Å². The standard InChI is InChI=1S/C29H34ClFN8O3S/c1-18(2)39-27-23(17-33-29(36-27)34-20-9-11-21(12-10-20)38(3)15-14-31)35-26(28(39)40)19-8-13-25(32-16-19)37-43(41,42)24-7-5-4-6-22(24)30/h4-8,13,16-18,20-21H,9-12,14-15H2,1-3H3,(H,32,37)(H,33,34,36)/t20-,21-. The number of benzene rings is 1. The van der Waals surface area contributed by atoms with E-state index in [-0.39, 0.29) is 45.7 Å². The van der Waals surface area contributed by atoms with Gasteiger partial charge < -0.3 is 10.2 Å². The lowest BCUT2D eigenvalue weighted by atomic mass is 9.90. The monoisotopic (exact) mass is 628 g/mol. The summed E-state index contributed by atoms with van der Waals surface area (Å²) < 4.78 is 42.3. The number of hydrogen-bond acceptors (Lipinski definition) is 9. The number of aromatic nitrogens is 5. The number of nitrogens with zero attached hydrogens (tertiary/aromatic N) is 6. The SMILES string of the molecule is CC(C)n1c(=O)c(-c2ccc(NS(=O)(=O)c3ccccc3Cl)nc2)nc2cnc(N[C@H]3CC[C@H](N(C)CCF)CC3)nc21. The number of rotatable bonds is 10. The van der Waals surface area contributed by atoms with Crippen LogP contribution < -0.4 is 15.6 Å². The lowest BCUT2D eigenvalue weighted by Gasteiger charge is -2.34. The molecule has 4 aromatic rings. The number of sulfonamides is 1. The van der Waals surface area contributed by atoms with Crippen LogP contribution in [-0.4, -0.2) is 70.2 Å². The van der Waals surface area contributed by atoms with Crippen LogP contribution in [0.3, 0.4) is 0 Å². The highest BCUT2D eigenvalue weighted by Gasteiger charge is 2.25. The van der Waals surface area contributed by atoms with E-state index in [0.717, 1.165) is 25.7 Å². The van der Waals surface area contributed by atoms with E-state index in [2.05, 4.69) is 34.9 Å². The average Bonchev–Trinajstić information content (AvgIpc) is 2.97. The molecule has 228 valence electrons. The first kappa shape index (κ1) is 30.8. The predicted octanol–water partition coefficient (Wildman–Crippen LogP) is 4.91. The van der Waals surface area contributed by atoms with Gasteiger partial charge in [0.05, 0.1) is 11.2 Å². The molecule has 0 spiro atoms. The minimum absolute atomic E-state index is 0.0655. The molecule has 1 aromatic carbocycles. The van der Waals surface area contributed by atoms with Gasteiger partial charge >= 0.3 is 0 Å². The summed E-state index contributed by atoms with van der Waals surface area (Å²) in [5.74, 6) is 0.490. The maximum atomic E-state index is 13.6. The molecule has 5 rings (SSSR count). The highest BCUT2D eigenvalue weighted by Crippen LogP contribution is 2.26. The molecule has 0 saturated heterocycles. The van der Waals surface area contributed by atoms with Crippen LogP contribution in [-0.2, 0) is 10.0 Å². The van der Waals surface area contributed by atoms with Crippen molar-refractivity contribution < 1.29 is 12.8 Å². The van der Waals surface area contributed by atoms with Gasteiger partial charge in [0.15, 0.2) is 5.65 Å². The van der Waals surface area contributed by atoms with Crippen molar-refractivity contribution in [2.45, 2.75) is 62.6 Å². The summed E-state index contributed by atoms with van der Waals surface area (Å²) in [5.41, 5.74) is 1.06. The number of halogens is 2. The maximum Gasteiger partial charge on any atom is 0.279 e. The normalized spacial score (nSPS) is 17.5. The third-order valence-electron chi connectivity index (χ3n) is 7.64. The molecule has 2 N–H and O–H groups in total. The van der Waals surface area contributed by atoms with Gasteiger partial charge in [-0.15, -0.1) is 0 Å². The molecule has 14 heteroatoms. The van der Waals surface area contributed by atoms with E-state index in [4.69, 9.17) is 11.6 Å². The number of alkyl halides is 1. The zero-order chi connectivity index (χ0) is 30.7. The maximum absolute atomic E-state index is 13.6. The van der Waals surface area contributed by atoms with E-state index < -0.39 is 10.0 Å². The third-order valence-corrected chi connectivity index (χ3v) is 9.50. The van der Waals surface area contributed by atoms with Crippen molar-refractivity contribution in [1.29, 1.82) is 0 Å². The summed E-state index contributed by atoms with van der Waals surface area (Å²) in [5, 5.41) is 3.49. The van der Waals surface area contributed by atoms with Crippen LogP contribution in [0.25, 0.3) is 22.4 Å². The lowest BCUT2D eigenvalue weighted by molar-refractivity contribution is 0.174. The summed E-state index contributed by atoms with van der Waals surface area (Å²) >= 11 is 6.06. The Balaban J connectivity index is 1.37. The number of fused-ring (bicyclic) bond motifs is 1. The van der Waals surface area contributed by atoms with E-state index in [9.17, 15) is 17.6 Å². The van der Waals surface area contributed by atoms with Crippen LogP contribution in [0.1, 0.15) is 45.6 Å². The number of nitrogens with one attached hydrogen (secondary N) is 2. The molecule has 0 unspecified atom stereocenters. The van der Waals surface area contributed by atoms with Gasteiger partial charge in [0, 0.05) is 36.4 Å². The van der Waals surface area contributed by atoms with Gasteiger partial charge in [-0.25, -0.2) is 27.8 Å². The minimum Gasteiger partial charge on any atom is -0.351 e. The van der Waals surface area contributed by atoms with Gasteiger partial charge in [-0.2, -0.15) is 4.98 Å². The second-order valence-corrected chi connectivity index (χ2v) is 13.0. The molecule has 0 atom stereocenters. The number of pyridine rings is 1. The minimum atomic E-state index is -3.96. The molecule has 3 heterocycles. The molecular weight excluding hydrogens is 595 g/mol. The van der Waals surface area contributed by atoms with Crippen LogP contribution in [0.4, 0.5) is 16.2 Å². The number of hydrogen-bond donors (Lipinski definition) is 2. The van der Waals surface area contributed by atoms with Gasteiger partial charge in [0.2, 0.25) is 5.95 Å². The van der Waals surface area contributed by atoms with Crippen molar-refractivity contribution >= 4 is 44.6 Å². The summed E-state index contributed by atoms with van der Waals surface area (Å²) in [4.78, 5) is 33.6. The van der Waals surface area contributed by atoms with Crippen LogP contribution >= 0.6 is 11.6 Å². The second-order valence-electron chi connectivity index (χ2n) is 10.9. The Labute approximate surface area is 254 Å². The van der Waals surface area contributed by atoms with Crippen LogP contribution in [0, 0.1) is 0 Å². The third kappa shape index (κ3) is 6.78. The predicted molar refractivity (Wildman–Crippen MR) is 166 cm³/mol. The lowest BCUT2D eigenvalue weighted by Crippen LogP contribution is -2.39. The quantitative estimate of drug-likeness (QED) is 0.251. The van der Waals surface area contributed by atoms with E-state index >= 15 is 0 Å². The topological polar surface area (TPSA) is 135 Å². The molecular formula is C29H34ClFN8O3S. The zero-order valence-corrected chi connectivity index (χ0v) is 25.7. The molecule has 0 amide bonds. The van der Waals surface area contributed by atoms with E-state index in [1.165, 1.54) is 24.4 Å². The van der Waals surface area contributed by atoms with Crippen LogP contribution in [0.15, 0.2) is 58.5 Å². The van der Waals surface area contributed by atoms with Crippen molar-refractivity contribution in [2.75, 3.05) is 30.3 Å². The first-order chi connectivity index (χ1) is 20.6. The summed E-state index contributed by atoms with van der Waals surface area (Å²) in [6, 6.07) is 9.46. The molecule has 0 aliphatic heterocycles. The smallest absolute Gasteiger partial charge is 0.279 e. The largest absolute Gasteiger partial charge is 0.351 e. The van der Waals surface area contributed by atoms with E-state index in [1.807, 2.05) is 20.9 Å². The molecule has 43 heavy (non-hydrogen) atoms. The highest BCUT2D eigenvalue weighted by atomic mass is 35.5. The molecule has 1 fully saturated rings. The Kier molecular flexibility index (Phi) is 9.23. The fourth-order valence-electron chi connectivity index (χ4n) is 5.35. The number of anilines is 2. The fourth-order valence-corrected chi connectivity index (χ4v) is 6.88.